The number of nitrogens with zero attached hydrogens (tertiary/aromatic N) is 4. The Balaban J connectivity index is 2.07. The maximum Gasteiger partial charge on any atom is 0.180 e. The van der Waals surface area contributed by atoms with Gasteiger partial charge in [-0.1, -0.05) is 0 Å². The van der Waals surface area contributed by atoms with Crippen molar-refractivity contribution in [2.75, 3.05) is 5.43 Å². The van der Waals surface area contributed by atoms with Crippen LogP contribution in [0.4, 0.5) is 5.82 Å². The fraction of sp³-hybridized carbons (Fsp3) is 0.364. The van der Waals surface area contributed by atoms with Gasteiger partial charge < -0.3 is 9.99 Å². The van der Waals surface area contributed by atoms with Crippen LogP contribution in [0, 0.1) is 6.92 Å². The standard InChI is InChI=1S/C11H14N6/c1-7-4-10(16-12)15-11(14-7)9-5-13-6-17(9)8-2-3-8/h4-6,8H,2-3,12H2,1H3,(H,14,15,16). The average Bonchev–Trinajstić information content (AvgIpc) is 3.06. The van der Waals surface area contributed by atoms with E-state index in [4.69, 9.17) is 5.84 Å². The van der Waals surface area contributed by atoms with Gasteiger partial charge in [-0.15, -0.1) is 0 Å². The molecule has 1 aliphatic rings. The first-order valence-corrected chi connectivity index (χ1v) is 5.62. The van der Waals surface area contributed by atoms with Crippen molar-refractivity contribution in [1.82, 2.24) is 19.5 Å². The molecular formula is C11H14N6. The lowest BCUT2D eigenvalue weighted by Crippen LogP contribution is -2.10. The van der Waals surface area contributed by atoms with Gasteiger partial charge in [0.05, 0.1) is 12.5 Å². The lowest BCUT2D eigenvalue weighted by molar-refractivity contribution is 0.742. The molecule has 17 heavy (non-hydrogen) atoms. The summed E-state index contributed by atoms with van der Waals surface area (Å²) < 4.78 is 2.13. The number of nitrogens with one attached hydrogen (secondary N) is 1. The highest BCUT2D eigenvalue weighted by Gasteiger charge is 2.26. The molecule has 2 aromatic heterocycles. The molecule has 0 aromatic carbocycles. The number of hydrazine groups is 1. The molecule has 88 valence electrons. The zero-order valence-electron chi connectivity index (χ0n) is 9.59. The van der Waals surface area contributed by atoms with Crippen LogP contribution in [0.3, 0.4) is 0 Å². The van der Waals surface area contributed by atoms with E-state index in [1.807, 2.05) is 13.3 Å². The molecule has 0 saturated heterocycles. The Bertz CT molecular complexity index is 543. The maximum atomic E-state index is 5.39. The van der Waals surface area contributed by atoms with Crippen molar-refractivity contribution < 1.29 is 0 Å². The van der Waals surface area contributed by atoms with Gasteiger partial charge in [0.25, 0.3) is 0 Å². The van der Waals surface area contributed by atoms with Gasteiger partial charge in [-0.25, -0.2) is 20.8 Å². The van der Waals surface area contributed by atoms with Crippen LogP contribution in [-0.2, 0) is 0 Å². The number of aryl methyl sites for hydroxylation is 1. The highest BCUT2D eigenvalue weighted by Crippen LogP contribution is 2.37. The zero-order chi connectivity index (χ0) is 11.8. The number of aromatic nitrogens is 4. The molecule has 0 bridgehead atoms. The van der Waals surface area contributed by atoms with E-state index in [2.05, 4.69) is 24.9 Å². The molecule has 6 heteroatoms. The van der Waals surface area contributed by atoms with Gasteiger partial charge in [0, 0.05) is 17.8 Å². The van der Waals surface area contributed by atoms with Crippen LogP contribution in [0.1, 0.15) is 24.6 Å². The van der Waals surface area contributed by atoms with Gasteiger partial charge in [0.1, 0.15) is 11.5 Å². The molecule has 0 atom stereocenters. The second-order valence-corrected chi connectivity index (χ2v) is 4.28. The summed E-state index contributed by atoms with van der Waals surface area (Å²) >= 11 is 0. The molecule has 1 aliphatic carbocycles. The van der Waals surface area contributed by atoms with Gasteiger partial charge in [0.15, 0.2) is 5.82 Å². The molecule has 3 N–H and O–H groups in total. The number of rotatable bonds is 3. The van der Waals surface area contributed by atoms with Crippen LogP contribution in [-0.4, -0.2) is 19.5 Å². The first kappa shape index (κ1) is 10.2. The predicted molar refractivity (Wildman–Crippen MR) is 64.1 cm³/mol. The second-order valence-electron chi connectivity index (χ2n) is 4.28. The van der Waals surface area contributed by atoms with E-state index >= 15 is 0 Å². The van der Waals surface area contributed by atoms with Crippen LogP contribution >= 0.6 is 0 Å². The topological polar surface area (TPSA) is 81.6 Å². The molecule has 2 heterocycles. The molecular weight excluding hydrogens is 216 g/mol. The molecule has 0 radical (unpaired) electrons. The highest BCUT2D eigenvalue weighted by atomic mass is 15.3. The molecule has 1 saturated carbocycles. The summed E-state index contributed by atoms with van der Waals surface area (Å²) in [6.45, 7) is 1.92. The van der Waals surface area contributed by atoms with Crippen molar-refractivity contribution in [3.05, 3.63) is 24.3 Å². The van der Waals surface area contributed by atoms with E-state index in [1.54, 1.807) is 12.3 Å². The number of hydrogen-bond donors (Lipinski definition) is 2. The molecule has 6 nitrogen and oxygen atoms in total. The number of imidazole rings is 1. The Kier molecular flexibility index (Phi) is 2.29. The fourth-order valence-corrected chi connectivity index (χ4v) is 1.88. The van der Waals surface area contributed by atoms with Crippen LogP contribution in [0.15, 0.2) is 18.6 Å². The molecule has 0 amide bonds. The lowest BCUT2D eigenvalue weighted by atomic mass is 10.3. The largest absolute Gasteiger partial charge is 0.325 e. The normalized spacial score (nSPS) is 14.9. The first-order valence-electron chi connectivity index (χ1n) is 5.62. The number of nitrogens with two attached hydrogens (primary N) is 1. The van der Waals surface area contributed by atoms with Gasteiger partial charge >= 0.3 is 0 Å². The third kappa shape index (κ3) is 1.87. The molecule has 0 spiro atoms. The Morgan fingerprint density at radius 2 is 2.24 bits per heavy atom. The number of nitrogen functional groups attached to an aromatic ring is 1. The summed E-state index contributed by atoms with van der Waals surface area (Å²) in [6, 6.07) is 2.37. The Hall–Kier alpha value is -1.95. The number of hydrogen-bond acceptors (Lipinski definition) is 5. The fourth-order valence-electron chi connectivity index (χ4n) is 1.88. The van der Waals surface area contributed by atoms with E-state index in [0.717, 1.165) is 11.4 Å². The first-order chi connectivity index (χ1) is 8.28. The smallest absolute Gasteiger partial charge is 0.180 e. The van der Waals surface area contributed by atoms with Gasteiger partial charge in [-0.3, -0.25) is 0 Å². The Morgan fingerprint density at radius 1 is 1.41 bits per heavy atom. The van der Waals surface area contributed by atoms with Crippen LogP contribution < -0.4 is 11.3 Å². The molecule has 1 fully saturated rings. The summed E-state index contributed by atoms with van der Waals surface area (Å²) in [5.41, 5.74) is 4.39. The van der Waals surface area contributed by atoms with Crippen LogP contribution in [0.5, 0.6) is 0 Å². The van der Waals surface area contributed by atoms with Crippen LogP contribution in [0.25, 0.3) is 11.5 Å². The van der Waals surface area contributed by atoms with E-state index in [0.29, 0.717) is 17.7 Å². The molecule has 0 aliphatic heterocycles. The van der Waals surface area contributed by atoms with Gasteiger partial charge in [-0.2, -0.15) is 0 Å². The minimum absolute atomic E-state index is 0.561. The molecule has 3 rings (SSSR count). The van der Waals surface area contributed by atoms with Gasteiger partial charge in [0.2, 0.25) is 0 Å². The van der Waals surface area contributed by atoms with E-state index in [1.165, 1.54) is 12.8 Å². The quantitative estimate of drug-likeness (QED) is 0.613. The highest BCUT2D eigenvalue weighted by molar-refractivity contribution is 5.53. The minimum Gasteiger partial charge on any atom is -0.325 e. The summed E-state index contributed by atoms with van der Waals surface area (Å²) in [5, 5.41) is 0. The van der Waals surface area contributed by atoms with Crippen molar-refractivity contribution in [1.29, 1.82) is 0 Å². The van der Waals surface area contributed by atoms with Crippen molar-refractivity contribution in [2.45, 2.75) is 25.8 Å². The number of anilines is 1. The monoisotopic (exact) mass is 230 g/mol. The van der Waals surface area contributed by atoms with Gasteiger partial charge in [-0.05, 0) is 19.8 Å². The maximum absolute atomic E-state index is 5.39. The minimum atomic E-state index is 0.561. The van der Waals surface area contributed by atoms with E-state index in [-0.39, 0.29) is 0 Å². The van der Waals surface area contributed by atoms with Crippen LogP contribution in [0.2, 0.25) is 0 Å². The Morgan fingerprint density at radius 3 is 2.94 bits per heavy atom. The molecule has 2 aromatic rings. The summed E-state index contributed by atoms with van der Waals surface area (Å²) in [7, 11) is 0. The summed E-state index contributed by atoms with van der Waals surface area (Å²) in [4.78, 5) is 13.0. The summed E-state index contributed by atoms with van der Waals surface area (Å²) in [5.74, 6) is 6.68. The van der Waals surface area contributed by atoms with E-state index in [9.17, 15) is 0 Å². The predicted octanol–water partition coefficient (Wildman–Crippen LogP) is 1.27. The van der Waals surface area contributed by atoms with Crippen molar-refractivity contribution >= 4 is 5.82 Å². The molecule has 0 unspecified atom stereocenters. The van der Waals surface area contributed by atoms with E-state index < -0.39 is 0 Å². The second kappa shape index (κ2) is 3.81. The van der Waals surface area contributed by atoms with Crippen molar-refractivity contribution in [2.24, 2.45) is 5.84 Å². The third-order valence-electron chi connectivity index (χ3n) is 2.84. The summed E-state index contributed by atoms with van der Waals surface area (Å²) in [6.07, 6.45) is 6.05. The zero-order valence-corrected chi connectivity index (χ0v) is 9.59. The van der Waals surface area contributed by atoms with Crippen molar-refractivity contribution in [3.63, 3.8) is 0 Å². The van der Waals surface area contributed by atoms with Crippen molar-refractivity contribution in [3.8, 4) is 11.5 Å². The third-order valence-corrected chi connectivity index (χ3v) is 2.84. The lowest BCUT2D eigenvalue weighted by Gasteiger charge is -2.07. The SMILES string of the molecule is Cc1cc(NN)nc(-c2cncn2C2CC2)n1. The average molecular weight is 230 g/mol. The Labute approximate surface area is 98.9 Å².